The number of hydrogen-bond donors (Lipinski definition) is 1. The van der Waals surface area contributed by atoms with Gasteiger partial charge in [-0.1, -0.05) is 18.2 Å². The van der Waals surface area contributed by atoms with Crippen LogP contribution in [0.1, 0.15) is 22.8 Å². The number of methoxy groups -OCH3 is 2. The molecule has 1 heterocycles. The molecule has 3 aromatic carbocycles. The Morgan fingerprint density at radius 2 is 1.74 bits per heavy atom. The van der Waals surface area contributed by atoms with Gasteiger partial charge in [-0.05, 0) is 55.5 Å². The molecule has 0 spiro atoms. The van der Waals surface area contributed by atoms with Gasteiger partial charge in [-0.3, -0.25) is 4.79 Å². The zero-order chi connectivity index (χ0) is 24.1. The number of pyridine rings is 1. The number of benzene rings is 3. The van der Waals surface area contributed by atoms with Crippen molar-refractivity contribution in [2.75, 3.05) is 26.1 Å². The lowest BCUT2D eigenvalue weighted by molar-refractivity contribution is 0.102. The Labute approximate surface area is 197 Å². The smallest absolute Gasteiger partial charge is 0.256 e. The average Bonchev–Trinajstić information content (AvgIpc) is 2.88. The molecule has 34 heavy (non-hydrogen) atoms. The van der Waals surface area contributed by atoms with Crippen LogP contribution in [0.4, 0.5) is 5.69 Å². The van der Waals surface area contributed by atoms with Crippen molar-refractivity contribution in [2.24, 2.45) is 0 Å². The highest BCUT2D eigenvalue weighted by Gasteiger charge is 2.17. The molecule has 0 saturated carbocycles. The van der Waals surface area contributed by atoms with E-state index in [9.17, 15) is 10.1 Å². The Morgan fingerprint density at radius 1 is 0.971 bits per heavy atom. The number of ether oxygens (including phenoxy) is 3. The first kappa shape index (κ1) is 22.6. The molecule has 0 aliphatic rings. The molecule has 0 aliphatic carbocycles. The number of anilines is 1. The SMILES string of the molecule is CCOc1ccc(C#N)cc1NC(=O)c1cc(-c2ccc(OC)c(OC)c2)nc2ccccc12. The van der Waals surface area contributed by atoms with Crippen molar-refractivity contribution in [1.29, 1.82) is 5.26 Å². The minimum atomic E-state index is -0.337. The van der Waals surface area contributed by atoms with Crippen LogP contribution in [0.2, 0.25) is 0 Å². The fourth-order valence-corrected chi connectivity index (χ4v) is 3.67. The summed E-state index contributed by atoms with van der Waals surface area (Å²) in [6.07, 6.45) is 0. The van der Waals surface area contributed by atoms with Gasteiger partial charge in [-0.15, -0.1) is 0 Å². The molecular weight excluding hydrogens is 430 g/mol. The molecule has 170 valence electrons. The molecular formula is C27H23N3O4. The van der Waals surface area contributed by atoms with Gasteiger partial charge < -0.3 is 19.5 Å². The van der Waals surface area contributed by atoms with Crippen LogP contribution in [-0.4, -0.2) is 31.7 Å². The van der Waals surface area contributed by atoms with E-state index in [-0.39, 0.29) is 5.91 Å². The molecule has 1 N–H and O–H groups in total. The summed E-state index contributed by atoms with van der Waals surface area (Å²) in [5.41, 5.74) is 3.36. The van der Waals surface area contributed by atoms with Gasteiger partial charge in [-0.2, -0.15) is 5.26 Å². The molecule has 0 bridgehead atoms. The number of nitrogens with one attached hydrogen (secondary N) is 1. The summed E-state index contributed by atoms with van der Waals surface area (Å²) in [6.45, 7) is 2.28. The number of amides is 1. The topological polar surface area (TPSA) is 93.5 Å². The van der Waals surface area contributed by atoms with E-state index in [2.05, 4.69) is 11.4 Å². The molecule has 1 amide bonds. The number of para-hydroxylation sites is 1. The number of rotatable bonds is 7. The second kappa shape index (κ2) is 9.92. The largest absolute Gasteiger partial charge is 0.493 e. The van der Waals surface area contributed by atoms with E-state index < -0.39 is 0 Å². The van der Waals surface area contributed by atoms with Gasteiger partial charge >= 0.3 is 0 Å². The van der Waals surface area contributed by atoms with E-state index in [1.54, 1.807) is 44.6 Å². The van der Waals surface area contributed by atoms with E-state index >= 15 is 0 Å². The molecule has 0 unspecified atom stereocenters. The zero-order valence-corrected chi connectivity index (χ0v) is 19.1. The Hall–Kier alpha value is -4.57. The fraction of sp³-hybridized carbons (Fsp3) is 0.148. The Balaban J connectivity index is 1.81. The predicted molar refractivity (Wildman–Crippen MR) is 131 cm³/mol. The molecule has 4 aromatic rings. The lowest BCUT2D eigenvalue weighted by Gasteiger charge is -2.14. The van der Waals surface area contributed by atoms with Gasteiger partial charge in [0.25, 0.3) is 5.91 Å². The normalized spacial score (nSPS) is 10.4. The second-order valence-corrected chi connectivity index (χ2v) is 7.35. The summed E-state index contributed by atoms with van der Waals surface area (Å²) in [5, 5.41) is 12.9. The molecule has 0 atom stereocenters. The minimum Gasteiger partial charge on any atom is -0.493 e. The van der Waals surface area contributed by atoms with Gasteiger partial charge in [0.1, 0.15) is 5.75 Å². The first-order valence-electron chi connectivity index (χ1n) is 10.7. The van der Waals surface area contributed by atoms with Crippen LogP contribution in [0.3, 0.4) is 0 Å². The molecule has 0 aliphatic heterocycles. The van der Waals surface area contributed by atoms with Gasteiger partial charge in [-0.25, -0.2) is 4.98 Å². The van der Waals surface area contributed by atoms with E-state index in [0.717, 1.165) is 5.56 Å². The molecule has 0 fully saturated rings. The summed E-state index contributed by atoms with van der Waals surface area (Å²) in [4.78, 5) is 18.2. The molecule has 0 radical (unpaired) electrons. The van der Waals surface area contributed by atoms with E-state index in [1.165, 1.54) is 0 Å². The van der Waals surface area contributed by atoms with Crippen LogP contribution in [0, 0.1) is 11.3 Å². The van der Waals surface area contributed by atoms with Crippen molar-refractivity contribution in [3.63, 3.8) is 0 Å². The van der Waals surface area contributed by atoms with Crippen molar-refractivity contribution in [3.8, 4) is 34.6 Å². The molecule has 7 heteroatoms. The number of carbonyl (C=O) groups excluding carboxylic acids is 1. The lowest BCUT2D eigenvalue weighted by Crippen LogP contribution is -2.14. The maximum atomic E-state index is 13.5. The van der Waals surface area contributed by atoms with Crippen LogP contribution in [0.25, 0.3) is 22.2 Å². The Morgan fingerprint density at radius 3 is 2.47 bits per heavy atom. The first-order valence-corrected chi connectivity index (χ1v) is 10.7. The summed E-state index contributed by atoms with van der Waals surface area (Å²) in [7, 11) is 3.14. The highest BCUT2D eigenvalue weighted by molar-refractivity contribution is 6.13. The van der Waals surface area contributed by atoms with Gasteiger partial charge in [0.15, 0.2) is 11.5 Å². The van der Waals surface area contributed by atoms with Crippen LogP contribution in [0.5, 0.6) is 17.2 Å². The number of nitriles is 1. The van der Waals surface area contributed by atoms with Crippen molar-refractivity contribution in [2.45, 2.75) is 6.92 Å². The summed E-state index contributed by atoms with van der Waals surface area (Å²) in [6, 6.07) is 21.7. The summed E-state index contributed by atoms with van der Waals surface area (Å²) in [5.74, 6) is 1.33. The van der Waals surface area contributed by atoms with E-state index in [4.69, 9.17) is 19.2 Å². The van der Waals surface area contributed by atoms with Gasteiger partial charge in [0, 0.05) is 10.9 Å². The summed E-state index contributed by atoms with van der Waals surface area (Å²) < 4.78 is 16.4. The Kier molecular flexibility index (Phi) is 6.60. The predicted octanol–water partition coefficient (Wildman–Crippen LogP) is 5.44. The third-order valence-corrected chi connectivity index (χ3v) is 5.30. The zero-order valence-electron chi connectivity index (χ0n) is 19.1. The van der Waals surface area contributed by atoms with E-state index in [1.807, 2.05) is 43.3 Å². The van der Waals surface area contributed by atoms with Gasteiger partial charge in [0.2, 0.25) is 0 Å². The number of aromatic nitrogens is 1. The third kappa shape index (κ3) is 4.48. The highest BCUT2D eigenvalue weighted by Crippen LogP contribution is 2.34. The van der Waals surface area contributed by atoms with Crippen LogP contribution < -0.4 is 19.5 Å². The third-order valence-electron chi connectivity index (χ3n) is 5.30. The van der Waals surface area contributed by atoms with Crippen LogP contribution in [0.15, 0.2) is 66.7 Å². The fourth-order valence-electron chi connectivity index (χ4n) is 3.67. The number of hydrogen-bond acceptors (Lipinski definition) is 6. The van der Waals surface area contributed by atoms with Crippen LogP contribution in [-0.2, 0) is 0 Å². The maximum Gasteiger partial charge on any atom is 0.256 e. The van der Waals surface area contributed by atoms with Crippen molar-refractivity contribution >= 4 is 22.5 Å². The monoisotopic (exact) mass is 453 g/mol. The van der Waals surface area contributed by atoms with E-state index in [0.29, 0.717) is 57.3 Å². The first-order chi connectivity index (χ1) is 16.6. The highest BCUT2D eigenvalue weighted by atomic mass is 16.5. The van der Waals surface area contributed by atoms with Crippen LogP contribution >= 0.6 is 0 Å². The standard InChI is InChI=1S/C27H23N3O4/c1-4-34-24-11-9-17(16-28)13-23(24)30-27(31)20-15-22(29-21-8-6-5-7-19(20)21)18-10-12-25(32-2)26(14-18)33-3/h5-15H,4H2,1-3H3,(H,30,31). The Bertz CT molecular complexity index is 1410. The second-order valence-electron chi connectivity index (χ2n) is 7.35. The van der Waals surface area contributed by atoms with Gasteiger partial charge in [0.05, 0.1) is 54.9 Å². The van der Waals surface area contributed by atoms with Crippen molar-refractivity contribution in [3.05, 3.63) is 77.9 Å². The quantitative estimate of drug-likeness (QED) is 0.400. The number of carbonyl (C=O) groups is 1. The maximum absolute atomic E-state index is 13.5. The summed E-state index contributed by atoms with van der Waals surface area (Å²) >= 11 is 0. The number of nitrogens with zero attached hydrogens (tertiary/aromatic N) is 2. The molecule has 7 nitrogen and oxygen atoms in total. The molecule has 1 aromatic heterocycles. The van der Waals surface area contributed by atoms with Crippen molar-refractivity contribution in [1.82, 2.24) is 4.98 Å². The molecule has 4 rings (SSSR count). The minimum absolute atomic E-state index is 0.337. The average molecular weight is 453 g/mol. The lowest BCUT2D eigenvalue weighted by atomic mass is 10.0. The number of fused-ring (bicyclic) bond motifs is 1. The van der Waals surface area contributed by atoms with Crippen molar-refractivity contribution < 1.29 is 19.0 Å². The molecule has 0 saturated heterocycles.